The minimum atomic E-state index is -0.550. The van der Waals surface area contributed by atoms with E-state index in [0.29, 0.717) is 5.75 Å². The molecule has 0 saturated carbocycles. The van der Waals surface area contributed by atoms with Gasteiger partial charge in [-0.1, -0.05) is 24.3 Å². The molecular weight excluding hydrogens is 258 g/mol. The van der Waals surface area contributed by atoms with E-state index in [0.717, 1.165) is 5.56 Å². The molecule has 5 heteroatoms. The van der Waals surface area contributed by atoms with Crippen LogP contribution < -0.4 is 10.1 Å². The molecule has 0 aliphatic carbocycles. The highest BCUT2D eigenvalue weighted by molar-refractivity contribution is 5.99. The number of ether oxygens (including phenoxy) is 1. The van der Waals surface area contributed by atoms with Crippen molar-refractivity contribution in [3.63, 3.8) is 0 Å². The Morgan fingerprint density at radius 3 is 2.40 bits per heavy atom. The molecule has 0 saturated heterocycles. The van der Waals surface area contributed by atoms with Gasteiger partial charge in [-0.25, -0.2) is 0 Å². The van der Waals surface area contributed by atoms with Crippen molar-refractivity contribution in [1.82, 2.24) is 5.32 Å². The summed E-state index contributed by atoms with van der Waals surface area (Å²) in [6, 6.07) is 11.4. The zero-order chi connectivity index (χ0) is 14.5. The van der Waals surface area contributed by atoms with Crippen molar-refractivity contribution < 1.29 is 19.7 Å². The maximum atomic E-state index is 12.0. The monoisotopic (exact) mass is 273 g/mol. The maximum absolute atomic E-state index is 12.0. The number of hydrogen-bond donors (Lipinski definition) is 3. The van der Waals surface area contributed by atoms with E-state index in [9.17, 15) is 15.0 Å². The number of para-hydroxylation sites is 1. The van der Waals surface area contributed by atoms with Gasteiger partial charge in [-0.15, -0.1) is 0 Å². The molecule has 2 rings (SSSR count). The van der Waals surface area contributed by atoms with E-state index in [4.69, 9.17) is 4.74 Å². The van der Waals surface area contributed by atoms with E-state index in [1.807, 2.05) is 18.2 Å². The zero-order valence-corrected chi connectivity index (χ0v) is 11.0. The normalized spacial score (nSPS) is 10.1. The van der Waals surface area contributed by atoms with Crippen LogP contribution in [0.1, 0.15) is 15.9 Å². The van der Waals surface area contributed by atoms with Gasteiger partial charge in [0.1, 0.15) is 22.8 Å². The zero-order valence-electron chi connectivity index (χ0n) is 11.0. The standard InChI is InChI=1S/C15H15NO4/c1-20-13-8-3-2-5-10(13)9-16-15(19)14-11(17)6-4-7-12(14)18/h2-8,17-18H,9H2,1H3,(H,16,19). The lowest BCUT2D eigenvalue weighted by Crippen LogP contribution is -2.23. The minimum absolute atomic E-state index is 0.137. The van der Waals surface area contributed by atoms with Crippen molar-refractivity contribution >= 4 is 5.91 Å². The first-order valence-electron chi connectivity index (χ1n) is 6.04. The number of methoxy groups -OCH3 is 1. The van der Waals surface area contributed by atoms with Gasteiger partial charge in [0.05, 0.1) is 7.11 Å². The van der Waals surface area contributed by atoms with Gasteiger partial charge in [0.25, 0.3) is 5.91 Å². The fourth-order valence-electron chi connectivity index (χ4n) is 1.87. The number of aromatic hydroxyl groups is 2. The Labute approximate surface area is 116 Å². The van der Waals surface area contributed by atoms with Crippen LogP contribution >= 0.6 is 0 Å². The van der Waals surface area contributed by atoms with Gasteiger partial charge in [0.15, 0.2) is 0 Å². The topological polar surface area (TPSA) is 78.8 Å². The number of rotatable bonds is 4. The highest BCUT2D eigenvalue weighted by Crippen LogP contribution is 2.26. The molecule has 1 amide bonds. The Bertz CT molecular complexity index is 605. The SMILES string of the molecule is COc1ccccc1CNC(=O)c1c(O)cccc1O. The molecule has 20 heavy (non-hydrogen) atoms. The van der Waals surface area contributed by atoms with E-state index in [-0.39, 0.29) is 23.6 Å². The van der Waals surface area contributed by atoms with Gasteiger partial charge in [-0.3, -0.25) is 4.79 Å². The highest BCUT2D eigenvalue weighted by Gasteiger charge is 2.16. The lowest BCUT2D eigenvalue weighted by atomic mass is 10.1. The number of amides is 1. The fraction of sp³-hybridized carbons (Fsp3) is 0.133. The molecule has 2 aromatic carbocycles. The van der Waals surface area contributed by atoms with Crippen LogP contribution in [0.4, 0.5) is 0 Å². The van der Waals surface area contributed by atoms with Crippen molar-refractivity contribution in [2.75, 3.05) is 7.11 Å². The molecule has 0 spiro atoms. The third-order valence-corrected chi connectivity index (χ3v) is 2.88. The molecule has 2 aromatic rings. The quantitative estimate of drug-likeness (QED) is 0.796. The Morgan fingerprint density at radius 1 is 1.10 bits per heavy atom. The molecule has 0 aliphatic rings. The smallest absolute Gasteiger partial charge is 0.259 e. The first-order valence-corrected chi connectivity index (χ1v) is 6.04. The van der Waals surface area contributed by atoms with Crippen LogP contribution in [-0.4, -0.2) is 23.2 Å². The molecule has 0 atom stereocenters. The van der Waals surface area contributed by atoms with Crippen molar-refractivity contribution in [2.24, 2.45) is 0 Å². The van der Waals surface area contributed by atoms with Crippen LogP contribution in [0.25, 0.3) is 0 Å². The Morgan fingerprint density at radius 2 is 1.75 bits per heavy atom. The number of benzene rings is 2. The maximum Gasteiger partial charge on any atom is 0.259 e. The summed E-state index contributed by atoms with van der Waals surface area (Å²) in [5.74, 6) is -0.411. The predicted octanol–water partition coefficient (Wildman–Crippen LogP) is 2.04. The minimum Gasteiger partial charge on any atom is -0.507 e. The number of carbonyl (C=O) groups excluding carboxylic acids is 1. The number of hydrogen-bond acceptors (Lipinski definition) is 4. The van der Waals surface area contributed by atoms with E-state index >= 15 is 0 Å². The Kier molecular flexibility index (Phi) is 4.10. The Hall–Kier alpha value is -2.69. The first-order chi connectivity index (χ1) is 9.63. The second-order valence-electron chi connectivity index (χ2n) is 4.17. The molecule has 0 aromatic heterocycles. The number of nitrogens with one attached hydrogen (secondary N) is 1. The molecule has 104 valence electrons. The third kappa shape index (κ3) is 2.83. The summed E-state index contributed by atoms with van der Waals surface area (Å²) >= 11 is 0. The molecule has 0 aliphatic heterocycles. The van der Waals surface area contributed by atoms with Gasteiger partial charge >= 0.3 is 0 Å². The average molecular weight is 273 g/mol. The lowest BCUT2D eigenvalue weighted by molar-refractivity contribution is 0.0945. The molecule has 0 unspecified atom stereocenters. The summed E-state index contributed by atoms with van der Waals surface area (Å²) in [6.45, 7) is 0.233. The van der Waals surface area contributed by atoms with Crippen molar-refractivity contribution in [1.29, 1.82) is 0 Å². The molecule has 3 N–H and O–H groups in total. The highest BCUT2D eigenvalue weighted by atomic mass is 16.5. The molecule has 0 radical (unpaired) electrons. The van der Waals surface area contributed by atoms with Crippen LogP contribution in [0, 0.1) is 0 Å². The summed E-state index contributed by atoms with van der Waals surface area (Å²) in [4.78, 5) is 12.0. The summed E-state index contributed by atoms with van der Waals surface area (Å²) in [5, 5.41) is 21.9. The first kappa shape index (κ1) is 13.7. The van der Waals surface area contributed by atoms with Crippen molar-refractivity contribution in [3.05, 3.63) is 53.6 Å². The largest absolute Gasteiger partial charge is 0.507 e. The second-order valence-corrected chi connectivity index (χ2v) is 4.17. The van der Waals surface area contributed by atoms with Crippen molar-refractivity contribution in [3.8, 4) is 17.2 Å². The van der Waals surface area contributed by atoms with Gasteiger partial charge < -0.3 is 20.3 Å². The Balaban J connectivity index is 2.13. The van der Waals surface area contributed by atoms with E-state index in [2.05, 4.69) is 5.32 Å². The third-order valence-electron chi connectivity index (χ3n) is 2.88. The van der Waals surface area contributed by atoms with Crippen LogP contribution in [0.5, 0.6) is 17.2 Å². The average Bonchev–Trinajstić information content (AvgIpc) is 2.45. The fourth-order valence-corrected chi connectivity index (χ4v) is 1.87. The van der Waals surface area contributed by atoms with Gasteiger partial charge in [0, 0.05) is 12.1 Å². The number of carbonyl (C=O) groups is 1. The van der Waals surface area contributed by atoms with E-state index in [1.54, 1.807) is 13.2 Å². The summed E-state index contributed by atoms with van der Waals surface area (Å²) in [7, 11) is 1.55. The van der Waals surface area contributed by atoms with Crippen molar-refractivity contribution in [2.45, 2.75) is 6.54 Å². The van der Waals surface area contributed by atoms with Gasteiger partial charge in [-0.2, -0.15) is 0 Å². The molecule has 0 fully saturated rings. The number of phenols is 2. The van der Waals surface area contributed by atoms with E-state index in [1.165, 1.54) is 18.2 Å². The molecule has 0 heterocycles. The number of phenolic OH excluding ortho intramolecular Hbond substituents is 2. The molecule has 5 nitrogen and oxygen atoms in total. The van der Waals surface area contributed by atoms with Crippen LogP contribution in [-0.2, 0) is 6.54 Å². The van der Waals surface area contributed by atoms with Crippen LogP contribution in [0.15, 0.2) is 42.5 Å². The van der Waals surface area contributed by atoms with E-state index < -0.39 is 5.91 Å². The molecular formula is C15H15NO4. The summed E-state index contributed by atoms with van der Waals surface area (Å²) < 4.78 is 5.18. The van der Waals surface area contributed by atoms with Crippen LogP contribution in [0.2, 0.25) is 0 Å². The summed E-state index contributed by atoms with van der Waals surface area (Å²) in [6.07, 6.45) is 0. The van der Waals surface area contributed by atoms with Gasteiger partial charge in [-0.05, 0) is 18.2 Å². The van der Waals surface area contributed by atoms with Gasteiger partial charge in [0.2, 0.25) is 0 Å². The van der Waals surface area contributed by atoms with Crippen LogP contribution in [0.3, 0.4) is 0 Å². The lowest BCUT2D eigenvalue weighted by Gasteiger charge is -2.11. The second kappa shape index (κ2) is 5.97. The predicted molar refractivity (Wildman–Crippen MR) is 73.9 cm³/mol. The molecule has 0 bridgehead atoms. The summed E-state index contributed by atoms with van der Waals surface area (Å²) in [5.41, 5.74) is 0.667.